The van der Waals surface area contributed by atoms with Crippen molar-refractivity contribution in [3.63, 3.8) is 0 Å². The highest BCUT2D eigenvalue weighted by molar-refractivity contribution is 5.92. The molecule has 230 valence electrons. The maximum atomic E-state index is 12.0. The number of carbonyl (C=O) groups excluding carboxylic acids is 2. The predicted molar refractivity (Wildman–Crippen MR) is 162 cm³/mol. The van der Waals surface area contributed by atoms with Gasteiger partial charge in [0.1, 0.15) is 6.54 Å². The number of carboxylic acid groups (broad SMARTS) is 1. The van der Waals surface area contributed by atoms with Crippen molar-refractivity contribution in [3.8, 4) is 0 Å². The molecule has 39 heavy (non-hydrogen) atoms. The molecule has 7 heteroatoms. The number of likely N-dealkylation sites (tertiary alicyclic amines) is 1. The Bertz CT molecular complexity index is 625. The van der Waals surface area contributed by atoms with Crippen LogP contribution in [0.2, 0.25) is 0 Å². The highest BCUT2D eigenvalue weighted by Crippen LogP contribution is 2.15. The molecule has 0 saturated carbocycles. The molecule has 3 amide bonds. The van der Waals surface area contributed by atoms with E-state index in [9.17, 15) is 14.4 Å². The molecule has 0 unspecified atom stereocenters. The van der Waals surface area contributed by atoms with Crippen molar-refractivity contribution in [2.75, 3.05) is 27.2 Å². The molecule has 0 atom stereocenters. The van der Waals surface area contributed by atoms with Crippen molar-refractivity contribution >= 4 is 17.9 Å². The van der Waals surface area contributed by atoms with Crippen molar-refractivity contribution < 1.29 is 24.1 Å². The number of hydrogen-bond acceptors (Lipinski definition) is 3. The molecule has 1 aliphatic rings. The Morgan fingerprint density at radius 3 is 1.44 bits per heavy atom. The number of quaternary nitrogens is 1. The van der Waals surface area contributed by atoms with E-state index in [0.717, 1.165) is 24.3 Å². The summed E-state index contributed by atoms with van der Waals surface area (Å²) in [5.41, 5.74) is 3.11. The standard InChI is InChI=1S/C27H56N2O.C5H7NO3/c1-5-7-8-9-10-11-12-13-14-15-16-17-18-19-20-21-22-23-24-25-27(30)28-29(3,4)26-6-2;7-4-2-1-3-6(4)5(8)9/h5-26H2,1-4H3;1-3H2,(H,8,9)/p+1. The highest BCUT2D eigenvalue weighted by Gasteiger charge is 2.25. The number of amides is 3. The second kappa shape index (κ2) is 25.3. The van der Waals surface area contributed by atoms with Crippen LogP contribution in [0.5, 0.6) is 0 Å². The molecule has 1 saturated heterocycles. The van der Waals surface area contributed by atoms with Crippen LogP contribution in [0.4, 0.5) is 4.79 Å². The molecule has 2 N–H and O–H groups in total. The van der Waals surface area contributed by atoms with Gasteiger partial charge < -0.3 is 5.11 Å². The zero-order valence-electron chi connectivity index (χ0n) is 26.2. The monoisotopic (exact) mass is 554 g/mol. The minimum absolute atomic E-state index is 0.209. The van der Waals surface area contributed by atoms with Crippen LogP contribution in [0.15, 0.2) is 0 Å². The summed E-state index contributed by atoms with van der Waals surface area (Å²) in [7, 11) is 4.13. The number of rotatable bonds is 23. The first-order valence-corrected chi connectivity index (χ1v) is 16.4. The molecule has 1 fully saturated rings. The summed E-state index contributed by atoms with van der Waals surface area (Å²) in [5, 5.41) is 8.29. The summed E-state index contributed by atoms with van der Waals surface area (Å²) in [4.78, 5) is 33.5. The van der Waals surface area contributed by atoms with Crippen LogP contribution in [0, 0.1) is 0 Å². The van der Waals surface area contributed by atoms with Gasteiger partial charge in [0.2, 0.25) is 5.91 Å². The second-order valence-electron chi connectivity index (χ2n) is 12.0. The van der Waals surface area contributed by atoms with E-state index in [1.54, 1.807) is 0 Å². The number of nitrogens with zero attached hydrogens (tertiary/aromatic N) is 2. The van der Waals surface area contributed by atoms with E-state index >= 15 is 0 Å². The Morgan fingerprint density at radius 1 is 0.718 bits per heavy atom. The van der Waals surface area contributed by atoms with E-state index in [4.69, 9.17) is 5.11 Å². The lowest BCUT2D eigenvalue weighted by Gasteiger charge is -2.28. The number of hydrogen-bond donors (Lipinski definition) is 2. The molecule has 0 radical (unpaired) electrons. The topological polar surface area (TPSA) is 86.7 Å². The van der Waals surface area contributed by atoms with Gasteiger partial charge in [-0.15, -0.1) is 0 Å². The molecular formula is C32H64N3O4+. The molecular weight excluding hydrogens is 490 g/mol. The zero-order valence-corrected chi connectivity index (χ0v) is 26.2. The minimum atomic E-state index is -1.13. The fourth-order valence-electron chi connectivity index (χ4n) is 5.22. The Kier molecular flexibility index (Phi) is 24.3. The second-order valence-corrected chi connectivity index (χ2v) is 12.0. The predicted octanol–water partition coefficient (Wildman–Crippen LogP) is 8.61. The number of nitrogens with one attached hydrogen (secondary N) is 1. The van der Waals surface area contributed by atoms with Crippen molar-refractivity contribution in [1.82, 2.24) is 10.3 Å². The number of carbonyl (C=O) groups is 3. The smallest absolute Gasteiger partial charge is 0.414 e. The van der Waals surface area contributed by atoms with Crippen molar-refractivity contribution in [3.05, 3.63) is 0 Å². The average Bonchev–Trinajstić information content (AvgIpc) is 3.31. The van der Waals surface area contributed by atoms with Gasteiger partial charge in [0.05, 0.1) is 14.1 Å². The van der Waals surface area contributed by atoms with Crippen molar-refractivity contribution in [1.29, 1.82) is 0 Å². The normalized spacial score (nSPS) is 13.3. The van der Waals surface area contributed by atoms with Gasteiger partial charge in [-0.05, 0) is 19.3 Å². The SMILES string of the molecule is CCCCCCCCCCCCCCCCCCCCCC(=O)N[N+](C)(C)CCC.O=C(O)N1CCCC1=O. The Morgan fingerprint density at radius 2 is 1.13 bits per heavy atom. The third-order valence-corrected chi connectivity index (χ3v) is 7.52. The molecule has 0 aromatic carbocycles. The minimum Gasteiger partial charge on any atom is -0.465 e. The summed E-state index contributed by atoms with van der Waals surface area (Å²) in [5.74, 6) is -0.0667. The van der Waals surface area contributed by atoms with E-state index in [-0.39, 0.29) is 11.8 Å². The first-order chi connectivity index (χ1) is 18.7. The molecule has 1 heterocycles. The molecule has 0 bridgehead atoms. The molecule has 1 aliphatic heterocycles. The van der Waals surface area contributed by atoms with Gasteiger partial charge in [0.25, 0.3) is 5.91 Å². The first kappa shape index (κ1) is 37.4. The van der Waals surface area contributed by atoms with Crippen molar-refractivity contribution in [2.45, 2.75) is 162 Å². The zero-order chi connectivity index (χ0) is 29.2. The lowest BCUT2D eigenvalue weighted by molar-refractivity contribution is -0.925. The molecule has 0 aliphatic carbocycles. The van der Waals surface area contributed by atoms with Crippen LogP contribution in [0.1, 0.15) is 162 Å². The van der Waals surface area contributed by atoms with Gasteiger partial charge in [0.15, 0.2) is 0 Å². The molecule has 0 spiro atoms. The van der Waals surface area contributed by atoms with E-state index < -0.39 is 6.09 Å². The van der Waals surface area contributed by atoms with E-state index in [2.05, 4.69) is 33.4 Å². The Labute approximate surface area is 241 Å². The quantitative estimate of drug-likeness (QED) is 0.0752. The largest absolute Gasteiger partial charge is 0.465 e. The first-order valence-electron chi connectivity index (χ1n) is 16.4. The fourth-order valence-corrected chi connectivity index (χ4v) is 5.22. The third-order valence-electron chi connectivity index (χ3n) is 7.52. The maximum absolute atomic E-state index is 12.0. The van der Waals surface area contributed by atoms with Crippen LogP contribution in [-0.2, 0) is 9.59 Å². The molecule has 1 rings (SSSR count). The van der Waals surface area contributed by atoms with E-state index in [1.165, 1.54) is 116 Å². The summed E-state index contributed by atoms with van der Waals surface area (Å²) in [6, 6.07) is 0. The van der Waals surface area contributed by atoms with Gasteiger partial charge in [-0.3, -0.25) is 9.59 Å². The average molecular weight is 555 g/mol. The lowest BCUT2D eigenvalue weighted by Crippen LogP contribution is -2.54. The van der Waals surface area contributed by atoms with Crippen LogP contribution in [-0.4, -0.2) is 59.7 Å². The van der Waals surface area contributed by atoms with Crippen LogP contribution in [0.25, 0.3) is 0 Å². The van der Waals surface area contributed by atoms with Gasteiger partial charge in [-0.2, -0.15) is 0 Å². The molecule has 7 nitrogen and oxygen atoms in total. The molecule has 0 aromatic rings. The van der Waals surface area contributed by atoms with E-state index in [0.29, 0.717) is 30.4 Å². The lowest BCUT2D eigenvalue weighted by atomic mass is 10.0. The third kappa shape index (κ3) is 23.9. The van der Waals surface area contributed by atoms with Crippen LogP contribution < -0.4 is 5.43 Å². The fraction of sp³-hybridized carbons (Fsp3) is 0.906. The van der Waals surface area contributed by atoms with Crippen LogP contribution >= 0.6 is 0 Å². The Hall–Kier alpha value is -1.63. The highest BCUT2D eigenvalue weighted by atomic mass is 16.4. The number of unbranched alkanes of at least 4 members (excludes halogenated alkanes) is 18. The Balaban J connectivity index is 0.00000134. The van der Waals surface area contributed by atoms with Gasteiger partial charge in [-0.25, -0.2) is 19.7 Å². The van der Waals surface area contributed by atoms with Crippen LogP contribution in [0.3, 0.4) is 0 Å². The molecule has 0 aromatic heterocycles. The van der Waals surface area contributed by atoms with E-state index in [1.807, 2.05) is 0 Å². The summed E-state index contributed by atoms with van der Waals surface area (Å²) < 4.78 is 0.606. The maximum Gasteiger partial charge on any atom is 0.414 e. The van der Waals surface area contributed by atoms with Gasteiger partial charge in [-0.1, -0.05) is 129 Å². The number of imide groups is 1. The van der Waals surface area contributed by atoms with Gasteiger partial charge >= 0.3 is 6.09 Å². The summed E-state index contributed by atoms with van der Waals surface area (Å²) >= 11 is 0. The summed E-state index contributed by atoms with van der Waals surface area (Å²) in [6.45, 7) is 5.81. The van der Waals surface area contributed by atoms with Gasteiger partial charge in [0, 0.05) is 19.4 Å². The summed E-state index contributed by atoms with van der Waals surface area (Å²) in [6.07, 6.45) is 28.1. The van der Waals surface area contributed by atoms with Crippen molar-refractivity contribution in [2.24, 2.45) is 0 Å².